The maximum absolute atomic E-state index is 12.9. The summed E-state index contributed by atoms with van der Waals surface area (Å²) < 4.78 is 37.7. The molecular formula is C14H17FNO3S-. The van der Waals surface area contributed by atoms with Gasteiger partial charge < -0.3 is 8.74 Å². The van der Waals surface area contributed by atoms with Crippen molar-refractivity contribution < 1.29 is 17.3 Å². The zero-order valence-electron chi connectivity index (χ0n) is 11.1. The molecule has 110 valence electrons. The van der Waals surface area contributed by atoms with Gasteiger partial charge in [-0.25, -0.2) is 8.60 Å². The van der Waals surface area contributed by atoms with Crippen LogP contribution in [0.25, 0.3) is 5.57 Å². The average molecular weight is 298 g/mol. The van der Waals surface area contributed by atoms with E-state index in [-0.39, 0.29) is 12.4 Å². The highest BCUT2D eigenvalue weighted by Gasteiger charge is 2.12. The smallest absolute Gasteiger partial charge is 0.123 e. The Morgan fingerprint density at radius 3 is 2.70 bits per heavy atom. The lowest BCUT2D eigenvalue weighted by Crippen LogP contribution is -2.30. The van der Waals surface area contributed by atoms with Crippen molar-refractivity contribution in [1.29, 1.82) is 0 Å². The number of nitrogens with zero attached hydrogens (tertiary/aromatic N) is 1. The van der Waals surface area contributed by atoms with Crippen molar-refractivity contribution in [2.75, 3.05) is 26.2 Å². The molecule has 4 nitrogen and oxygen atoms in total. The largest absolute Gasteiger partial charge is 0.750 e. The van der Waals surface area contributed by atoms with Crippen LogP contribution in [-0.4, -0.2) is 39.9 Å². The molecule has 20 heavy (non-hydrogen) atoms. The highest BCUT2D eigenvalue weighted by molar-refractivity contribution is 7.74. The number of hydrogen-bond acceptors (Lipinski definition) is 4. The van der Waals surface area contributed by atoms with Crippen LogP contribution in [0.1, 0.15) is 18.4 Å². The highest BCUT2D eigenvalue weighted by Crippen LogP contribution is 2.22. The van der Waals surface area contributed by atoms with Gasteiger partial charge in [-0.15, -0.1) is 0 Å². The summed E-state index contributed by atoms with van der Waals surface area (Å²) in [5.74, 6) is -0.220. The molecule has 0 N–H and O–H groups in total. The van der Waals surface area contributed by atoms with Crippen molar-refractivity contribution in [1.82, 2.24) is 4.90 Å². The maximum atomic E-state index is 12.9. The molecule has 1 aliphatic heterocycles. The Kier molecular flexibility index (Phi) is 5.85. The fourth-order valence-electron chi connectivity index (χ4n) is 2.26. The van der Waals surface area contributed by atoms with Gasteiger partial charge in [0.05, 0.1) is 18.0 Å². The van der Waals surface area contributed by atoms with Gasteiger partial charge in [-0.2, -0.15) is 0 Å². The maximum Gasteiger partial charge on any atom is 0.123 e. The summed E-state index contributed by atoms with van der Waals surface area (Å²) in [7, 11) is 0. The van der Waals surface area contributed by atoms with Crippen LogP contribution in [0.15, 0.2) is 30.3 Å². The van der Waals surface area contributed by atoms with Gasteiger partial charge in [-0.3, -0.25) is 4.90 Å². The van der Waals surface area contributed by atoms with E-state index >= 15 is 0 Å². The van der Waals surface area contributed by atoms with Crippen LogP contribution < -0.4 is 0 Å². The van der Waals surface area contributed by atoms with Gasteiger partial charge in [0.1, 0.15) is 5.82 Å². The van der Waals surface area contributed by atoms with E-state index in [4.69, 9.17) is 0 Å². The molecule has 0 aliphatic carbocycles. The number of benzene rings is 1. The van der Waals surface area contributed by atoms with Crippen LogP contribution >= 0.6 is 0 Å². The minimum atomic E-state index is -2.42. The molecule has 0 aromatic heterocycles. The van der Waals surface area contributed by atoms with Gasteiger partial charge in [0, 0.05) is 19.6 Å². The van der Waals surface area contributed by atoms with Gasteiger partial charge >= 0.3 is 0 Å². The van der Waals surface area contributed by atoms with E-state index in [0.29, 0.717) is 6.42 Å². The van der Waals surface area contributed by atoms with Crippen molar-refractivity contribution in [2.24, 2.45) is 0 Å². The Morgan fingerprint density at radius 2 is 2.10 bits per heavy atom. The molecule has 0 fully saturated rings. The third kappa shape index (κ3) is 4.79. The molecule has 0 amide bonds. The summed E-state index contributed by atoms with van der Waals surface area (Å²) in [4.78, 5) is 2.24. The average Bonchev–Trinajstić information content (AvgIpc) is 2.45. The first kappa shape index (κ1) is 15.3. The normalized spacial score (nSPS) is 17.8. The summed E-state index contributed by atoms with van der Waals surface area (Å²) in [6.07, 6.45) is 3.75. The molecule has 1 heterocycles. The van der Waals surface area contributed by atoms with E-state index in [1.165, 1.54) is 17.7 Å². The fourth-order valence-corrected chi connectivity index (χ4v) is 2.51. The van der Waals surface area contributed by atoms with Crippen molar-refractivity contribution in [2.45, 2.75) is 12.8 Å². The third-order valence-corrected chi connectivity index (χ3v) is 3.67. The highest BCUT2D eigenvalue weighted by atomic mass is 32.2. The van der Waals surface area contributed by atoms with E-state index < -0.39 is 11.4 Å². The van der Waals surface area contributed by atoms with E-state index in [0.717, 1.165) is 31.6 Å². The van der Waals surface area contributed by atoms with Crippen molar-refractivity contribution >= 4 is 16.9 Å². The van der Waals surface area contributed by atoms with Gasteiger partial charge in [0.25, 0.3) is 0 Å². The first-order valence-corrected chi connectivity index (χ1v) is 7.55. The van der Waals surface area contributed by atoms with Crippen molar-refractivity contribution in [3.05, 3.63) is 41.7 Å². The van der Waals surface area contributed by atoms with Gasteiger partial charge in [-0.05, 0) is 36.1 Å². The zero-order valence-corrected chi connectivity index (χ0v) is 11.9. The molecular weight excluding hydrogens is 281 g/mol. The number of hydrogen-bond donors (Lipinski definition) is 0. The summed E-state index contributed by atoms with van der Waals surface area (Å²) in [5, 5.41) is 0. The molecule has 1 aromatic rings. The number of halogens is 1. The molecule has 0 radical (unpaired) electrons. The Morgan fingerprint density at radius 1 is 1.35 bits per heavy atom. The Labute approximate surface area is 120 Å². The quantitative estimate of drug-likeness (QED) is 0.596. The molecule has 0 saturated heterocycles. The van der Waals surface area contributed by atoms with E-state index in [1.54, 1.807) is 12.1 Å². The second kappa shape index (κ2) is 7.64. The van der Waals surface area contributed by atoms with Crippen LogP contribution in [0.5, 0.6) is 0 Å². The standard InChI is InChI=1S/C14H18FNO3S/c15-14-4-2-12(3-5-14)13-6-9-16(10-7-13)8-1-11-19-20(17)18/h2-6H,1,7-11H2,(H,17,18)/p-1. The molecule has 6 heteroatoms. The molecule has 1 unspecified atom stereocenters. The molecule has 1 aliphatic rings. The van der Waals surface area contributed by atoms with Crippen LogP contribution in [0.3, 0.4) is 0 Å². The van der Waals surface area contributed by atoms with Crippen LogP contribution in [0.2, 0.25) is 0 Å². The second-order valence-corrected chi connectivity index (χ2v) is 5.31. The predicted molar refractivity (Wildman–Crippen MR) is 74.9 cm³/mol. The third-order valence-electron chi connectivity index (χ3n) is 3.31. The zero-order chi connectivity index (χ0) is 14.4. The van der Waals surface area contributed by atoms with Gasteiger partial charge in [-0.1, -0.05) is 18.2 Å². The molecule has 1 atom stereocenters. The van der Waals surface area contributed by atoms with E-state index in [1.807, 2.05) is 0 Å². The van der Waals surface area contributed by atoms with Crippen LogP contribution in [-0.2, 0) is 15.5 Å². The predicted octanol–water partition coefficient (Wildman–Crippen LogP) is 2.12. The van der Waals surface area contributed by atoms with Crippen LogP contribution in [0.4, 0.5) is 4.39 Å². The monoisotopic (exact) mass is 298 g/mol. The lowest BCUT2D eigenvalue weighted by molar-refractivity contribution is 0.245. The van der Waals surface area contributed by atoms with Crippen LogP contribution in [0, 0.1) is 5.82 Å². The van der Waals surface area contributed by atoms with Crippen molar-refractivity contribution in [3.8, 4) is 0 Å². The first-order valence-electron chi connectivity index (χ1n) is 6.55. The lowest BCUT2D eigenvalue weighted by atomic mass is 9.99. The van der Waals surface area contributed by atoms with Crippen molar-refractivity contribution in [3.63, 3.8) is 0 Å². The van der Waals surface area contributed by atoms with Gasteiger partial charge in [0.2, 0.25) is 0 Å². The molecule has 0 spiro atoms. The minimum absolute atomic E-state index is 0.220. The minimum Gasteiger partial charge on any atom is -0.750 e. The van der Waals surface area contributed by atoms with Gasteiger partial charge in [0.15, 0.2) is 0 Å². The Bertz CT molecular complexity index is 490. The molecule has 0 bridgehead atoms. The topological polar surface area (TPSA) is 52.6 Å². The summed E-state index contributed by atoms with van der Waals surface area (Å²) in [6, 6.07) is 6.55. The lowest BCUT2D eigenvalue weighted by Gasteiger charge is -2.26. The Hall–Kier alpha value is -1.08. The fraction of sp³-hybridized carbons (Fsp3) is 0.429. The van der Waals surface area contributed by atoms with E-state index in [2.05, 4.69) is 15.2 Å². The molecule has 1 aromatic carbocycles. The summed E-state index contributed by atoms with van der Waals surface area (Å²) in [6.45, 7) is 2.78. The SMILES string of the molecule is O=S([O-])OCCCN1CC=C(c2ccc(F)cc2)CC1. The summed E-state index contributed by atoms with van der Waals surface area (Å²) >= 11 is -2.42. The number of rotatable bonds is 6. The second-order valence-electron chi connectivity index (χ2n) is 4.67. The molecule has 0 saturated carbocycles. The first-order chi connectivity index (χ1) is 9.65. The molecule has 2 rings (SSSR count). The Balaban J connectivity index is 1.78. The van der Waals surface area contributed by atoms with E-state index in [9.17, 15) is 13.2 Å². The summed E-state index contributed by atoms with van der Waals surface area (Å²) in [5.41, 5.74) is 2.30.